The van der Waals surface area contributed by atoms with Crippen LogP contribution in [-0.4, -0.2) is 47.2 Å². The number of amides is 1. The van der Waals surface area contributed by atoms with Gasteiger partial charge in [-0.25, -0.2) is 0 Å². The van der Waals surface area contributed by atoms with Gasteiger partial charge in [-0.1, -0.05) is 24.3 Å². The molecule has 3 unspecified atom stereocenters. The van der Waals surface area contributed by atoms with Crippen molar-refractivity contribution >= 4 is 34.1 Å². The number of aliphatic hydroxyl groups is 1. The van der Waals surface area contributed by atoms with Crippen LogP contribution in [0.2, 0.25) is 0 Å². The van der Waals surface area contributed by atoms with Crippen LogP contribution in [-0.2, 0) is 14.3 Å². The van der Waals surface area contributed by atoms with Crippen LogP contribution in [0.4, 0.5) is 5.69 Å². The number of ether oxygens (including phenoxy) is 2. The van der Waals surface area contributed by atoms with E-state index in [1.54, 1.807) is 37.5 Å². The Morgan fingerprint density at radius 1 is 1.00 bits per heavy atom. The third kappa shape index (κ3) is 5.29. The topological polar surface area (TPSA) is 135 Å². The minimum Gasteiger partial charge on any atom is -0.508 e. The zero-order valence-corrected chi connectivity index (χ0v) is 24.4. The molecule has 0 spiro atoms. The number of nitrogens with one attached hydrogen (secondary N) is 1. The van der Waals surface area contributed by atoms with Gasteiger partial charge in [-0.05, 0) is 80.3 Å². The molecule has 1 amide bonds. The van der Waals surface area contributed by atoms with Crippen LogP contribution < -0.4 is 5.32 Å². The third-order valence-electron chi connectivity index (χ3n) is 8.40. The number of phenolic OH excluding ortho intramolecular Hbond substituents is 1. The van der Waals surface area contributed by atoms with E-state index >= 15 is 0 Å². The van der Waals surface area contributed by atoms with Gasteiger partial charge < -0.3 is 29.4 Å². The summed E-state index contributed by atoms with van der Waals surface area (Å²) in [6.07, 6.45) is 3.92. The Hall–Kier alpha value is -4.73. The van der Waals surface area contributed by atoms with E-state index in [-0.39, 0.29) is 52.6 Å². The van der Waals surface area contributed by atoms with Crippen molar-refractivity contribution in [3.63, 3.8) is 0 Å². The largest absolute Gasteiger partial charge is 0.508 e. The van der Waals surface area contributed by atoms with E-state index in [2.05, 4.69) is 5.32 Å². The van der Waals surface area contributed by atoms with Gasteiger partial charge in [0.25, 0.3) is 5.91 Å². The van der Waals surface area contributed by atoms with Gasteiger partial charge in [-0.2, -0.15) is 0 Å². The third-order valence-corrected chi connectivity index (χ3v) is 8.40. The van der Waals surface area contributed by atoms with E-state index < -0.39 is 18.1 Å². The van der Waals surface area contributed by atoms with Gasteiger partial charge in [-0.15, -0.1) is 0 Å². The fraction of sp³-hybridized carbons (Fsp3) is 0.286. The Morgan fingerprint density at radius 3 is 2.57 bits per heavy atom. The summed E-state index contributed by atoms with van der Waals surface area (Å²) in [5.74, 6) is -2.59. The number of anilines is 1. The maximum atomic E-state index is 13.6. The SMILES string of the molecule is CCOC1OC(C(=O)Nc2ccc(C3C(=O)c4ccc(O)cc4C3=O)c(C)c2)=C[C@H](c2coc3ccccc23)C1CCCO. The molecule has 1 aliphatic heterocycles. The first kappa shape index (κ1) is 29.3. The maximum absolute atomic E-state index is 13.6. The highest BCUT2D eigenvalue weighted by Gasteiger charge is 2.41. The summed E-state index contributed by atoms with van der Waals surface area (Å²) in [5.41, 5.74) is 3.80. The molecule has 0 radical (unpaired) electrons. The van der Waals surface area contributed by atoms with Gasteiger partial charge in [-0.3, -0.25) is 14.4 Å². The van der Waals surface area contributed by atoms with Crippen LogP contribution in [0.25, 0.3) is 11.0 Å². The standard InChI is InChI=1S/C35H33NO8/c1-3-42-35-25(8-6-14-37)26(28-18-43-29-9-5-4-7-23(28)29)17-30(44-35)34(41)36-20-10-12-22(19(2)15-20)31-32(39)24-13-11-21(38)16-27(24)33(31)40/h4-5,7,9-13,15-18,25-26,31,35,37-38H,3,6,8,14H2,1-2H3,(H,36,41)/t25?,26-,31?,35?/m0/s1. The molecule has 6 rings (SSSR count). The normalized spacial score (nSPS) is 21.2. The lowest BCUT2D eigenvalue weighted by atomic mass is 9.80. The summed E-state index contributed by atoms with van der Waals surface area (Å²) >= 11 is 0. The fourth-order valence-electron chi connectivity index (χ4n) is 6.31. The molecule has 4 aromatic rings. The second-order valence-electron chi connectivity index (χ2n) is 11.1. The predicted octanol–water partition coefficient (Wildman–Crippen LogP) is 6.00. The quantitative estimate of drug-likeness (QED) is 0.201. The van der Waals surface area contributed by atoms with Crippen molar-refractivity contribution in [3.05, 3.63) is 107 Å². The molecule has 44 heavy (non-hydrogen) atoms. The highest BCUT2D eigenvalue weighted by atomic mass is 16.7. The van der Waals surface area contributed by atoms with E-state index in [9.17, 15) is 24.6 Å². The number of aliphatic hydroxyl groups excluding tert-OH is 1. The first-order valence-corrected chi connectivity index (χ1v) is 14.7. The summed E-state index contributed by atoms with van der Waals surface area (Å²) in [6.45, 7) is 4.03. The summed E-state index contributed by atoms with van der Waals surface area (Å²) in [4.78, 5) is 39.8. The Bertz CT molecular complexity index is 1790. The van der Waals surface area contributed by atoms with Crippen LogP contribution in [0.5, 0.6) is 5.75 Å². The van der Waals surface area contributed by atoms with Gasteiger partial charge in [0.15, 0.2) is 17.3 Å². The minimum atomic E-state index is -1.01. The summed E-state index contributed by atoms with van der Waals surface area (Å²) in [6, 6.07) is 16.9. The van der Waals surface area contributed by atoms with Gasteiger partial charge in [0, 0.05) is 52.8 Å². The van der Waals surface area contributed by atoms with E-state index in [4.69, 9.17) is 13.9 Å². The lowest BCUT2D eigenvalue weighted by Crippen LogP contribution is -2.37. The van der Waals surface area contributed by atoms with Gasteiger partial charge >= 0.3 is 0 Å². The molecular weight excluding hydrogens is 562 g/mol. The zero-order valence-electron chi connectivity index (χ0n) is 24.4. The van der Waals surface area contributed by atoms with Crippen LogP contribution in [0, 0.1) is 12.8 Å². The van der Waals surface area contributed by atoms with Gasteiger partial charge in [0.1, 0.15) is 17.3 Å². The molecule has 0 bridgehead atoms. The number of aryl methyl sites for hydroxylation is 1. The number of allylic oxidation sites excluding steroid dienone is 1. The number of carbonyl (C=O) groups excluding carboxylic acids is 3. The second kappa shape index (κ2) is 12.1. The molecule has 9 heteroatoms. The highest BCUT2D eigenvalue weighted by molar-refractivity contribution is 6.30. The number of rotatable bonds is 9. The number of hydrogen-bond donors (Lipinski definition) is 3. The molecule has 0 saturated heterocycles. The monoisotopic (exact) mass is 595 g/mol. The highest BCUT2D eigenvalue weighted by Crippen LogP contribution is 2.43. The number of phenols is 1. The predicted molar refractivity (Wildman–Crippen MR) is 163 cm³/mol. The van der Waals surface area contributed by atoms with Crippen LogP contribution >= 0.6 is 0 Å². The molecule has 9 nitrogen and oxygen atoms in total. The van der Waals surface area contributed by atoms with Crippen molar-refractivity contribution in [3.8, 4) is 5.75 Å². The smallest absolute Gasteiger partial charge is 0.290 e. The first-order chi connectivity index (χ1) is 21.3. The molecule has 3 aromatic carbocycles. The molecule has 1 aromatic heterocycles. The molecule has 0 saturated carbocycles. The van der Waals surface area contributed by atoms with Crippen molar-refractivity contribution in [2.24, 2.45) is 5.92 Å². The van der Waals surface area contributed by atoms with Gasteiger partial charge in [0.05, 0.1) is 6.26 Å². The Balaban J connectivity index is 1.28. The number of furan rings is 1. The summed E-state index contributed by atoms with van der Waals surface area (Å²) in [5, 5.41) is 23.2. The number of carbonyl (C=O) groups is 3. The number of para-hydroxylation sites is 1. The van der Waals surface area contributed by atoms with Crippen LogP contribution in [0.3, 0.4) is 0 Å². The van der Waals surface area contributed by atoms with E-state index in [1.807, 2.05) is 31.2 Å². The van der Waals surface area contributed by atoms with E-state index in [1.165, 1.54) is 18.2 Å². The molecule has 2 aliphatic rings. The maximum Gasteiger partial charge on any atom is 0.290 e. The zero-order chi connectivity index (χ0) is 31.0. The lowest BCUT2D eigenvalue weighted by Gasteiger charge is -2.36. The number of hydrogen-bond acceptors (Lipinski definition) is 8. The molecule has 1 aliphatic carbocycles. The molecule has 4 atom stereocenters. The summed E-state index contributed by atoms with van der Waals surface area (Å²) in [7, 11) is 0. The number of fused-ring (bicyclic) bond motifs is 2. The Labute approximate surface area is 254 Å². The number of Topliss-reactive ketones (excluding diaryl/α,β-unsaturated/α-hetero) is 2. The Morgan fingerprint density at radius 2 is 1.80 bits per heavy atom. The van der Waals surface area contributed by atoms with Crippen molar-refractivity contribution in [2.45, 2.75) is 44.8 Å². The van der Waals surface area contributed by atoms with Crippen molar-refractivity contribution < 1.29 is 38.5 Å². The molecular formula is C35H33NO8. The minimum absolute atomic E-state index is 0.0210. The molecule has 226 valence electrons. The number of benzene rings is 3. The number of ketones is 2. The summed E-state index contributed by atoms with van der Waals surface area (Å²) < 4.78 is 17.9. The Kier molecular flexibility index (Phi) is 8.07. The molecule has 2 heterocycles. The first-order valence-electron chi connectivity index (χ1n) is 14.7. The van der Waals surface area contributed by atoms with Gasteiger partial charge in [0.2, 0.25) is 6.29 Å². The fourth-order valence-corrected chi connectivity index (χ4v) is 6.31. The average Bonchev–Trinajstić information content (AvgIpc) is 3.55. The van der Waals surface area contributed by atoms with E-state index in [0.717, 1.165) is 16.5 Å². The molecule has 0 fully saturated rings. The van der Waals surface area contributed by atoms with Crippen LogP contribution in [0.15, 0.2) is 83.2 Å². The van der Waals surface area contributed by atoms with E-state index in [0.29, 0.717) is 36.3 Å². The number of aromatic hydroxyl groups is 1. The lowest BCUT2D eigenvalue weighted by molar-refractivity contribution is -0.164. The van der Waals surface area contributed by atoms with Crippen molar-refractivity contribution in [2.75, 3.05) is 18.5 Å². The molecule has 3 N–H and O–H groups in total. The average molecular weight is 596 g/mol. The van der Waals surface area contributed by atoms with Crippen molar-refractivity contribution in [1.82, 2.24) is 0 Å². The van der Waals surface area contributed by atoms with Crippen LogP contribution in [0.1, 0.15) is 69.0 Å². The second-order valence-corrected chi connectivity index (χ2v) is 11.1. The van der Waals surface area contributed by atoms with Crippen molar-refractivity contribution in [1.29, 1.82) is 0 Å².